The summed E-state index contributed by atoms with van der Waals surface area (Å²) in [6.45, 7) is 5.85. The van der Waals surface area contributed by atoms with Gasteiger partial charge in [0.15, 0.2) is 5.60 Å². The van der Waals surface area contributed by atoms with Gasteiger partial charge >= 0.3 is 6.09 Å². The fourth-order valence-electron chi connectivity index (χ4n) is 6.98. The van der Waals surface area contributed by atoms with Crippen LogP contribution in [0.15, 0.2) is 42.5 Å². The molecule has 0 radical (unpaired) electrons. The number of nitrogens with zero attached hydrogens (tertiary/aromatic N) is 1. The molecule has 3 aromatic rings. The first-order valence-corrected chi connectivity index (χ1v) is 15.2. The third-order valence-electron chi connectivity index (χ3n) is 8.78. The van der Waals surface area contributed by atoms with Gasteiger partial charge in [0.2, 0.25) is 0 Å². The number of rotatable bonds is 4. The summed E-state index contributed by atoms with van der Waals surface area (Å²) in [6.07, 6.45) is 0.395. The molecule has 6 rings (SSSR count). The topological polar surface area (TPSA) is 88.1 Å². The molecule has 7 nitrogen and oxygen atoms in total. The molecule has 232 valence electrons. The maximum atomic E-state index is 16.5. The normalized spacial score (nSPS) is 22.4. The van der Waals surface area contributed by atoms with Gasteiger partial charge in [0.25, 0.3) is 5.91 Å². The fraction of sp³-hybridized carbons (Fsp3) is 0.412. The highest BCUT2D eigenvalue weighted by molar-refractivity contribution is 6.34. The van der Waals surface area contributed by atoms with E-state index >= 15 is 8.78 Å². The molecule has 0 bridgehead atoms. The quantitative estimate of drug-likeness (QED) is 0.354. The average Bonchev–Trinajstić information content (AvgIpc) is 3.71. The van der Waals surface area contributed by atoms with Gasteiger partial charge in [-0.3, -0.25) is 4.79 Å². The first kappa shape index (κ1) is 30.3. The van der Waals surface area contributed by atoms with Crippen LogP contribution in [0.3, 0.4) is 0 Å². The fourth-order valence-corrected chi connectivity index (χ4v) is 7.24. The summed E-state index contributed by atoms with van der Waals surface area (Å²) in [5.74, 6) is -1.97. The van der Waals surface area contributed by atoms with Crippen molar-refractivity contribution in [3.63, 3.8) is 0 Å². The molecule has 2 N–H and O–H groups in total. The van der Waals surface area contributed by atoms with Gasteiger partial charge in [-0.1, -0.05) is 41.9 Å². The van der Waals surface area contributed by atoms with E-state index in [1.54, 1.807) is 31.7 Å². The second kappa shape index (κ2) is 11.0. The molecule has 0 saturated carbocycles. The Balaban J connectivity index is 1.56. The van der Waals surface area contributed by atoms with Crippen molar-refractivity contribution in [2.75, 3.05) is 13.6 Å². The number of hydrogen-bond acceptors (Lipinski definition) is 5. The lowest BCUT2D eigenvalue weighted by atomic mass is 9.79. The van der Waals surface area contributed by atoms with Crippen molar-refractivity contribution in [1.29, 1.82) is 0 Å². The van der Waals surface area contributed by atoms with Crippen molar-refractivity contribution in [3.8, 4) is 16.9 Å². The number of carbonyl (C=O) groups excluding carboxylic acids is 2. The Hall–Kier alpha value is -3.69. The molecule has 0 spiro atoms. The third kappa shape index (κ3) is 5.00. The summed E-state index contributed by atoms with van der Waals surface area (Å²) in [4.78, 5) is 28.3. The van der Waals surface area contributed by atoms with Crippen molar-refractivity contribution in [2.45, 2.75) is 76.2 Å². The van der Waals surface area contributed by atoms with Gasteiger partial charge < -0.3 is 24.8 Å². The molecule has 1 aliphatic carbocycles. The minimum Gasteiger partial charge on any atom is -0.480 e. The van der Waals surface area contributed by atoms with Gasteiger partial charge in [0.05, 0.1) is 22.7 Å². The van der Waals surface area contributed by atoms with Gasteiger partial charge in [0, 0.05) is 49.2 Å². The Kier molecular flexibility index (Phi) is 7.61. The number of aliphatic hydroxyl groups is 1. The molecule has 2 amide bonds. The zero-order chi connectivity index (χ0) is 31.6. The smallest absolute Gasteiger partial charge is 0.410 e. The number of benzene rings is 3. The lowest BCUT2D eigenvalue weighted by molar-refractivity contribution is -0.0216. The number of fused-ring (bicyclic) bond motifs is 2. The SMILES string of the molecule is CNC(=O)c1cc2c(c(F)c1-c1c(Cl)c(F)cc3c1C[C@](c1ccccc1)([C@@H]1CCCN1C(=O)OC(C)(C)C)O3)CC(O)C2. The van der Waals surface area contributed by atoms with Crippen LogP contribution >= 0.6 is 11.6 Å². The van der Waals surface area contributed by atoms with E-state index in [2.05, 4.69) is 5.32 Å². The summed E-state index contributed by atoms with van der Waals surface area (Å²) in [5, 5.41) is 12.5. The standard InChI is InChI=1S/C34H35ClF2N2O5/c1-33(2,3)44-32(42)39-12-8-11-26(39)34(19-9-6-5-7-10-19)17-23-25(43-34)16-24(36)29(35)27(23)28-22(31(41)38-4)14-18-13-20(40)15-21(18)30(28)37/h5-7,9-10,14,16,20,26,40H,8,11-13,15,17H2,1-4H3,(H,38,41)/t20?,26-,34-/m0/s1. The molecule has 1 saturated heterocycles. The van der Waals surface area contributed by atoms with E-state index in [9.17, 15) is 14.7 Å². The van der Waals surface area contributed by atoms with Crippen LogP contribution in [0.25, 0.3) is 11.1 Å². The number of nitrogens with one attached hydrogen (secondary N) is 1. The summed E-state index contributed by atoms with van der Waals surface area (Å²) in [6, 6.07) is 11.6. The summed E-state index contributed by atoms with van der Waals surface area (Å²) >= 11 is 6.67. The Bertz CT molecular complexity index is 1660. The molecular weight excluding hydrogens is 590 g/mol. The monoisotopic (exact) mass is 624 g/mol. The molecular formula is C34H35ClF2N2O5. The molecule has 1 fully saturated rings. The number of amides is 2. The zero-order valence-electron chi connectivity index (χ0n) is 25.1. The summed E-state index contributed by atoms with van der Waals surface area (Å²) < 4.78 is 44.7. The van der Waals surface area contributed by atoms with Gasteiger partial charge in [-0.15, -0.1) is 0 Å². The van der Waals surface area contributed by atoms with E-state index in [4.69, 9.17) is 21.1 Å². The number of ether oxygens (including phenoxy) is 2. The van der Waals surface area contributed by atoms with Crippen molar-refractivity contribution in [1.82, 2.24) is 10.2 Å². The number of halogens is 3. The van der Waals surface area contributed by atoms with Crippen LogP contribution in [0.5, 0.6) is 5.75 Å². The molecule has 0 aromatic heterocycles. The minimum atomic E-state index is -1.18. The van der Waals surface area contributed by atoms with E-state index in [0.29, 0.717) is 30.5 Å². The first-order chi connectivity index (χ1) is 20.8. The highest BCUT2D eigenvalue weighted by Gasteiger charge is 2.54. The maximum Gasteiger partial charge on any atom is 0.410 e. The summed E-state index contributed by atoms with van der Waals surface area (Å²) in [7, 11) is 1.43. The molecule has 44 heavy (non-hydrogen) atoms. The molecule has 10 heteroatoms. The lowest BCUT2D eigenvalue weighted by Crippen LogP contribution is -2.53. The van der Waals surface area contributed by atoms with Crippen LogP contribution in [-0.4, -0.2) is 53.3 Å². The van der Waals surface area contributed by atoms with Crippen molar-refractivity contribution in [3.05, 3.63) is 86.9 Å². The van der Waals surface area contributed by atoms with E-state index in [1.807, 2.05) is 30.3 Å². The Morgan fingerprint density at radius 2 is 1.84 bits per heavy atom. The van der Waals surface area contributed by atoms with Gasteiger partial charge in [-0.2, -0.15) is 0 Å². The third-order valence-corrected chi connectivity index (χ3v) is 9.15. The largest absolute Gasteiger partial charge is 0.480 e. The molecule has 3 aromatic carbocycles. The van der Waals surface area contributed by atoms with E-state index in [-0.39, 0.29) is 52.3 Å². The highest BCUT2D eigenvalue weighted by Crippen LogP contribution is 2.54. The van der Waals surface area contributed by atoms with Crippen LogP contribution in [0.4, 0.5) is 13.6 Å². The number of carbonyl (C=O) groups is 2. The predicted molar refractivity (Wildman–Crippen MR) is 162 cm³/mol. The van der Waals surface area contributed by atoms with Crippen LogP contribution < -0.4 is 10.1 Å². The van der Waals surface area contributed by atoms with E-state index in [1.165, 1.54) is 13.1 Å². The number of likely N-dealkylation sites (tertiary alicyclic amines) is 1. The van der Waals surface area contributed by atoms with Crippen molar-refractivity contribution in [2.24, 2.45) is 0 Å². The van der Waals surface area contributed by atoms with Crippen LogP contribution in [-0.2, 0) is 29.6 Å². The molecule has 1 unspecified atom stereocenters. The average molecular weight is 625 g/mol. The number of hydrogen-bond donors (Lipinski definition) is 2. The van der Waals surface area contributed by atoms with Crippen LogP contribution in [0.2, 0.25) is 5.02 Å². The highest BCUT2D eigenvalue weighted by atomic mass is 35.5. The van der Waals surface area contributed by atoms with Gasteiger partial charge in [0.1, 0.15) is 23.0 Å². The number of aliphatic hydroxyl groups excluding tert-OH is 1. The van der Waals surface area contributed by atoms with Gasteiger partial charge in [-0.05, 0) is 62.8 Å². The van der Waals surface area contributed by atoms with Crippen molar-refractivity contribution >= 4 is 23.6 Å². The van der Waals surface area contributed by atoms with Crippen LogP contribution in [0.1, 0.15) is 66.2 Å². The molecule has 3 aliphatic rings. The van der Waals surface area contributed by atoms with Crippen LogP contribution in [0, 0.1) is 11.6 Å². The van der Waals surface area contributed by atoms with Gasteiger partial charge in [-0.25, -0.2) is 13.6 Å². The second-order valence-corrected chi connectivity index (χ2v) is 13.2. The van der Waals surface area contributed by atoms with E-state index in [0.717, 1.165) is 5.56 Å². The second-order valence-electron chi connectivity index (χ2n) is 12.8. The maximum absolute atomic E-state index is 16.5. The Morgan fingerprint density at radius 1 is 1.11 bits per heavy atom. The minimum absolute atomic E-state index is 0.0130. The molecule has 2 heterocycles. The summed E-state index contributed by atoms with van der Waals surface area (Å²) in [5.41, 5.74) is -0.0443. The van der Waals surface area contributed by atoms with E-state index < -0.39 is 47.0 Å². The lowest BCUT2D eigenvalue weighted by Gasteiger charge is -2.40. The Morgan fingerprint density at radius 3 is 2.52 bits per heavy atom. The zero-order valence-corrected chi connectivity index (χ0v) is 25.9. The molecule has 3 atom stereocenters. The van der Waals surface area contributed by atoms with Crippen molar-refractivity contribution < 1.29 is 33.0 Å². The first-order valence-electron chi connectivity index (χ1n) is 14.8. The predicted octanol–water partition coefficient (Wildman–Crippen LogP) is 6.33. The molecule has 2 aliphatic heterocycles. The Labute approximate surface area is 260 Å².